The van der Waals surface area contributed by atoms with E-state index in [2.05, 4.69) is 20.8 Å². The van der Waals surface area contributed by atoms with E-state index in [0.717, 1.165) is 11.1 Å². The summed E-state index contributed by atoms with van der Waals surface area (Å²) in [6.45, 7) is 5.27. The Morgan fingerprint density at radius 1 is 1.11 bits per heavy atom. The highest BCUT2D eigenvalue weighted by Crippen LogP contribution is 2.24. The van der Waals surface area contributed by atoms with Crippen LogP contribution in [0.3, 0.4) is 0 Å². The van der Waals surface area contributed by atoms with Gasteiger partial charge in [-0.25, -0.2) is 4.98 Å². The fourth-order valence-corrected chi connectivity index (χ4v) is 2.53. The molecule has 0 bridgehead atoms. The molecule has 0 unspecified atom stereocenters. The zero-order valence-electron chi connectivity index (χ0n) is 15.3. The summed E-state index contributed by atoms with van der Waals surface area (Å²) in [4.78, 5) is 28.4. The SMILES string of the molecule is Cc1cc(NC(=O)CNC(=O)Cc2nc(-c3ccccc3C)oc2C)no1. The van der Waals surface area contributed by atoms with Gasteiger partial charge in [-0.2, -0.15) is 0 Å². The number of aromatic nitrogens is 2. The number of oxazole rings is 1. The van der Waals surface area contributed by atoms with Crippen LogP contribution in [-0.4, -0.2) is 28.5 Å². The van der Waals surface area contributed by atoms with Crippen molar-refractivity contribution in [2.45, 2.75) is 27.2 Å². The maximum absolute atomic E-state index is 12.1. The van der Waals surface area contributed by atoms with Crippen molar-refractivity contribution in [1.29, 1.82) is 0 Å². The maximum atomic E-state index is 12.1. The lowest BCUT2D eigenvalue weighted by Gasteiger charge is -2.04. The molecule has 8 heteroatoms. The van der Waals surface area contributed by atoms with E-state index in [4.69, 9.17) is 8.94 Å². The molecule has 0 saturated carbocycles. The second-order valence-electron chi connectivity index (χ2n) is 6.16. The predicted octanol–water partition coefficient (Wildman–Crippen LogP) is 2.55. The number of carbonyl (C=O) groups excluding carboxylic acids is 2. The summed E-state index contributed by atoms with van der Waals surface area (Å²) in [5, 5.41) is 8.75. The summed E-state index contributed by atoms with van der Waals surface area (Å²) in [6.07, 6.45) is 0.0254. The van der Waals surface area contributed by atoms with Crippen LogP contribution in [0.1, 0.15) is 22.8 Å². The molecule has 3 aromatic rings. The van der Waals surface area contributed by atoms with E-state index >= 15 is 0 Å². The number of anilines is 1. The molecule has 2 aromatic heterocycles. The van der Waals surface area contributed by atoms with Crippen LogP contribution in [0.2, 0.25) is 0 Å². The number of aryl methyl sites for hydroxylation is 3. The molecule has 0 aliphatic rings. The van der Waals surface area contributed by atoms with E-state index in [1.165, 1.54) is 0 Å². The number of hydrogen-bond acceptors (Lipinski definition) is 6. The van der Waals surface area contributed by atoms with Crippen LogP contribution in [0.5, 0.6) is 0 Å². The second kappa shape index (κ2) is 7.86. The maximum Gasteiger partial charge on any atom is 0.245 e. The van der Waals surface area contributed by atoms with Gasteiger partial charge in [0.25, 0.3) is 0 Å². The molecule has 0 saturated heterocycles. The zero-order valence-corrected chi connectivity index (χ0v) is 15.3. The second-order valence-corrected chi connectivity index (χ2v) is 6.16. The lowest BCUT2D eigenvalue weighted by Crippen LogP contribution is -2.34. The minimum Gasteiger partial charge on any atom is -0.441 e. The third-order valence-corrected chi connectivity index (χ3v) is 3.94. The Hall–Kier alpha value is -3.42. The summed E-state index contributed by atoms with van der Waals surface area (Å²) in [7, 11) is 0. The van der Waals surface area contributed by atoms with Gasteiger partial charge in [0.05, 0.1) is 18.7 Å². The molecule has 2 N–H and O–H groups in total. The van der Waals surface area contributed by atoms with E-state index in [0.29, 0.717) is 28.9 Å². The van der Waals surface area contributed by atoms with Gasteiger partial charge in [-0.15, -0.1) is 0 Å². The quantitative estimate of drug-likeness (QED) is 0.692. The third kappa shape index (κ3) is 4.60. The van der Waals surface area contributed by atoms with E-state index in [-0.39, 0.29) is 18.9 Å². The molecule has 1 aromatic carbocycles. The average Bonchev–Trinajstić information content (AvgIpc) is 3.19. The Balaban J connectivity index is 1.56. The Morgan fingerprint density at radius 2 is 1.89 bits per heavy atom. The molecular weight excluding hydrogens is 348 g/mol. The van der Waals surface area contributed by atoms with Crippen molar-refractivity contribution in [1.82, 2.24) is 15.5 Å². The topological polar surface area (TPSA) is 110 Å². The van der Waals surface area contributed by atoms with Crippen molar-refractivity contribution in [3.63, 3.8) is 0 Å². The van der Waals surface area contributed by atoms with Gasteiger partial charge < -0.3 is 19.6 Å². The molecule has 0 fully saturated rings. The number of nitrogens with one attached hydrogen (secondary N) is 2. The predicted molar refractivity (Wildman–Crippen MR) is 98.0 cm³/mol. The monoisotopic (exact) mass is 368 g/mol. The molecular formula is C19H20N4O4. The first-order valence-electron chi connectivity index (χ1n) is 8.44. The molecule has 8 nitrogen and oxygen atoms in total. The molecule has 0 aliphatic heterocycles. The van der Waals surface area contributed by atoms with Crippen molar-refractivity contribution in [2.24, 2.45) is 0 Å². The van der Waals surface area contributed by atoms with E-state index in [9.17, 15) is 9.59 Å². The summed E-state index contributed by atoms with van der Waals surface area (Å²) in [6, 6.07) is 9.32. The standard InChI is InChI=1S/C19H20N4O4/c1-11-6-4-5-7-14(11)19-21-15(13(3)26-19)9-17(24)20-10-18(25)22-16-8-12(2)27-23-16/h4-8H,9-10H2,1-3H3,(H,20,24)(H,22,23,25). The number of rotatable bonds is 6. The van der Waals surface area contributed by atoms with E-state index in [1.54, 1.807) is 19.9 Å². The average molecular weight is 368 g/mol. The molecule has 27 heavy (non-hydrogen) atoms. The molecule has 2 heterocycles. The lowest BCUT2D eigenvalue weighted by atomic mass is 10.1. The van der Waals surface area contributed by atoms with Gasteiger partial charge in [-0.05, 0) is 32.4 Å². The van der Waals surface area contributed by atoms with Crippen LogP contribution >= 0.6 is 0 Å². The van der Waals surface area contributed by atoms with Gasteiger partial charge in [0.2, 0.25) is 17.7 Å². The van der Waals surface area contributed by atoms with Crippen LogP contribution < -0.4 is 10.6 Å². The molecule has 0 aliphatic carbocycles. The highest BCUT2D eigenvalue weighted by molar-refractivity contribution is 5.94. The number of amides is 2. The minimum atomic E-state index is -0.394. The van der Waals surface area contributed by atoms with Gasteiger partial charge in [0.15, 0.2) is 5.82 Å². The van der Waals surface area contributed by atoms with Gasteiger partial charge in [-0.3, -0.25) is 9.59 Å². The number of carbonyl (C=O) groups is 2. The molecule has 3 rings (SSSR count). The number of benzene rings is 1. The normalized spacial score (nSPS) is 10.6. The van der Waals surface area contributed by atoms with Crippen LogP contribution in [0.15, 0.2) is 39.3 Å². The first kappa shape index (κ1) is 18.4. The Bertz CT molecular complexity index is 974. The summed E-state index contributed by atoms with van der Waals surface area (Å²) in [5.74, 6) is 1.23. The van der Waals surface area contributed by atoms with Crippen LogP contribution in [0.4, 0.5) is 5.82 Å². The minimum absolute atomic E-state index is 0.0254. The third-order valence-electron chi connectivity index (χ3n) is 3.94. The summed E-state index contributed by atoms with van der Waals surface area (Å²) >= 11 is 0. The van der Waals surface area contributed by atoms with Crippen LogP contribution in [0.25, 0.3) is 11.5 Å². The molecule has 2 amide bonds. The zero-order chi connectivity index (χ0) is 19.4. The first-order chi connectivity index (χ1) is 12.9. The summed E-state index contributed by atoms with van der Waals surface area (Å²) in [5.41, 5.74) is 2.46. The Kier molecular flexibility index (Phi) is 5.35. The molecule has 0 atom stereocenters. The summed E-state index contributed by atoms with van der Waals surface area (Å²) < 4.78 is 10.6. The molecule has 140 valence electrons. The largest absolute Gasteiger partial charge is 0.441 e. The molecule has 0 radical (unpaired) electrons. The van der Waals surface area contributed by atoms with Crippen LogP contribution in [-0.2, 0) is 16.0 Å². The van der Waals surface area contributed by atoms with Crippen LogP contribution in [0, 0.1) is 20.8 Å². The first-order valence-corrected chi connectivity index (χ1v) is 8.44. The Labute approximate surface area is 156 Å². The lowest BCUT2D eigenvalue weighted by molar-refractivity contribution is -0.123. The highest BCUT2D eigenvalue weighted by Gasteiger charge is 2.16. The van der Waals surface area contributed by atoms with Crippen molar-refractivity contribution < 1.29 is 18.5 Å². The van der Waals surface area contributed by atoms with Crippen molar-refractivity contribution >= 4 is 17.6 Å². The van der Waals surface area contributed by atoms with Crippen molar-refractivity contribution in [3.05, 3.63) is 53.1 Å². The smallest absolute Gasteiger partial charge is 0.245 e. The fourth-order valence-electron chi connectivity index (χ4n) is 2.53. The van der Waals surface area contributed by atoms with Gasteiger partial charge in [0, 0.05) is 11.6 Å². The molecule has 0 spiro atoms. The Morgan fingerprint density at radius 3 is 2.59 bits per heavy atom. The number of nitrogens with zero attached hydrogens (tertiary/aromatic N) is 2. The van der Waals surface area contributed by atoms with E-state index < -0.39 is 5.91 Å². The van der Waals surface area contributed by atoms with Gasteiger partial charge in [-0.1, -0.05) is 23.4 Å². The fraction of sp³-hybridized carbons (Fsp3) is 0.263. The van der Waals surface area contributed by atoms with Gasteiger partial charge in [0.1, 0.15) is 11.5 Å². The number of hydrogen-bond donors (Lipinski definition) is 2. The van der Waals surface area contributed by atoms with Crippen molar-refractivity contribution in [2.75, 3.05) is 11.9 Å². The van der Waals surface area contributed by atoms with E-state index in [1.807, 2.05) is 31.2 Å². The highest BCUT2D eigenvalue weighted by atomic mass is 16.5. The van der Waals surface area contributed by atoms with Gasteiger partial charge >= 0.3 is 0 Å². The van der Waals surface area contributed by atoms with Crippen molar-refractivity contribution in [3.8, 4) is 11.5 Å².